The van der Waals surface area contributed by atoms with Crippen molar-refractivity contribution in [2.75, 3.05) is 0 Å². The summed E-state index contributed by atoms with van der Waals surface area (Å²) in [7, 11) is 0. The van der Waals surface area contributed by atoms with E-state index in [2.05, 4.69) is 0 Å². The van der Waals surface area contributed by atoms with Gasteiger partial charge in [-0.1, -0.05) is 49.4 Å². The Morgan fingerprint density at radius 1 is 1.00 bits per heavy atom. The molecule has 18 heavy (non-hydrogen) atoms. The molecule has 0 bridgehead atoms. The van der Waals surface area contributed by atoms with Gasteiger partial charge < -0.3 is 4.74 Å². The number of hydrogen-bond acceptors (Lipinski definition) is 2. The lowest BCUT2D eigenvalue weighted by Gasteiger charge is -2.06. The van der Waals surface area contributed by atoms with Crippen LogP contribution >= 0.6 is 0 Å². The first kappa shape index (κ1) is 12.4. The van der Waals surface area contributed by atoms with Crippen molar-refractivity contribution >= 4 is 5.97 Å². The van der Waals surface area contributed by atoms with Gasteiger partial charge in [0.15, 0.2) is 0 Å². The molecule has 0 fully saturated rings. The molecule has 0 aliphatic carbocycles. The lowest BCUT2D eigenvalue weighted by atomic mass is 10.1. The van der Waals surface area contributed by atoms with Crippen molar-refractivity contribution < 1.29 is 9.53 Å². The highest BCUT2D eigenvalue weighted by Gasteiger charge is 2.04. The molecule has 0 spiro atoms. The van der Waals surface area contributed by atoms with Crippen LogP contribution in [0.25, 0.3) is 11.1 Å². The summed E-state index contributed by atoms with van der Waals surface area (Å²) >= 11 is 0. The molecule has 0 aliphatic heterocycles. The summed E-state index contributed by atoms with van der Waals surface area (Å²) in [6.45, 7) is 1.96. The van der Waals surface area contributed by atoms with Gasteiger partial charge in [-0.2, -0.15) is 0 Å². The number of carbonyl (C=O) groups is 1. The second kappa shape index (κ2) is 6.01. The molecule has 0 heterocycles. The van der Waals surface area contributed by atoms with Crippen molar-refractivity contribution in [2.45, 2.75) is 19.8 Å². The highest BCUT2D eigenvalue weighted by molar-refractivity contribution is 5.73. The van der Waals surface area contributed by atoms with Crippen LogP contribution in [0, 0.1) is 0 Å². The van der Waals surface area contributed by atoms with Crippen LogP contribution in [0.2, 0.25) is 0 Å². The minimum atomic E-state index is -0.178. The lowest BCUT2D eigenvalue weighted by Crippen LogP contribution is -2.06. The summed E-state index contributed by atoms with van der Waals surface area (Å²) < 4.78 is 5.28. The molecule has 0 saturated carbocycles. The smallest absolute Gasteiger partial charge is 0.311 e. The molecule has 0 unspecified atom stereocenters. The number of esters is 1. The Morgan fingerprint density at radius 2 is 1.72 bits per heavy atom. The third-order valence-corrected chi connectivity index (χ3v) is 2.63. The number of rotatable bonds is 4. The van der Waals surface area contributed by atoms with Crippen LogP contribution in [-0.4, -0.2) is 5.97 Å². The first-order chi connectivity index (χ1) is 8.79. The first-order valence-corrected chi connectivity index (χ1v) is 6.16. The van der Waals surface area contributed by atoms with E-state index in [-0.39, 0.29) is 5.97 Å². The zero-order valence-electron chi connectivity index (χ0n) is 10.4. The molecular weight excluding hydrogens is 224 g/mol. The summed E-state index contributed by atoms with van der Waals surface area (Å²) in [6, 6.07) is 17.6. The van der Waals surface area contributed by atoms with E-state index in [0.717, 1.165) is 17.5 Å². The third-order valence-electron chi connectivity index (χ3n) is 2.63. The van der Waals surface area contributed by atoms with E-state index < -0.39 is 0 Å². The SMILES string of the molecule is CCCC(=O)Oc1cccc(-c2ccccc2)c1. The molecule has 0 aromatic heterocycles. The van der Waals surface area contributed by atoms with E-state index in [0.29, 0.717) is 12.2 Å². The van der Waals surface area contributed by atoms with Gasteiger partial charge in [0.2, 0.25) is 0 Å². The quantitative estimate of drug-likeness (QED) is 0.595. The van der Waals surface area contributed by atoms with Gasteiger partial charge in [-0.3, -0.25) is 4.79 Å². The fourth-order valence-corrected chi connectivity index (χ4v) is 1.76. The molecule has 0 atom stereocenters. The van der Waals surface area contributed by atoms with Crippen LogP contribution < -0.4 is 4.74 Å². The van der Waals surface area contributed by atoms with E-state index in [1.54, 1.807) is 6.07 Å². The molecule has 2 heteroatoms. The highest BCUT2D eigenvalue weighted by atomic mass is 16.5. The normalized spacial score (nSPS) is 10.1. The number of carbonyl (C=O) groups excluding carboxylic acids is 1. The third kappa shape index (κ3) is 3.20. The lowest BCUT2D eigenvalue weighted by molar-refractivity contribution is -0.134. The second-order valence-corrected chi connectivity index (χ2v) is 4.12. The number of ether oxygens (including phenoxy) is 1. The van der Waals surface area contributed by atoms with Gasteiger partial charge in [-0.05, 0) is 29.7 Å². The predicted octanol–water partition coefficient (Wildman–Crippen LogP) is 4.06. The van der Waals surface area contributed by atoms with Crippen LogP contribution in [0.4, 0.5) is 0 Å². The van der Waals surface area contributed by atoms with E-state index in [1.165, 1.54) is 0 Å². The summed E-state index contributed by atoms with van der Waals surface area (Å²) in [4.78, 5) is 11.4. The Bertz CT molecular complexity index is 518. The van der Waals surface area contributed by atoms with Crippen molar-refractivity contribution in [1.82, 2.24) is 0 Å². The average molecular weight is 240 g/mol. The van der Waals surface area contributed by atoms with E-state index in [9.17, 15) is 4.79 Å². The molecule has 0 aliphatic rings. The summed E-state index contributed by atoms with van der Waals surface area (Å²) in [5, 5.41) is 0. The van der Waals surface area contributed by atoms with Crippen LogP contribution in [0.1, 0.15) is 19.8 Å². The fraction of sp³-hybridized carbons (Fsp3) is 0.188. The Morgan fingerprint density at radius 3 is 2.44 bits per heavy atom. The molecule has 0 amide bonds. The van der Waals surface area contributed by atoms with Crippen molar-refractivity contribution in [3.63, 3.8) is 0 Å². The van der Waals surface area contributed by atoms with Gasteiger partial charge in [0.05, 0.1) is 0 Å². The molecule has 0 radical (unpaired) electrons. The van der Waals surface area contributed by atoms with Crippen molar-refractivity contribution in [1.29, 1.82) is 0 Å². The first-order valence-electron chi connectivity index (χ1n) is 6.16. The zero-order chi connectivity index (χ0) is 12.8. The average Bonchev–Trinajstić information content (AvgIpc) is 2.40. The van der Waals surface area contributed by atoms with Gasteiger partial charge in [0, 0.05) is 6.42 Å². The predicted molar refractivity (Wildman–Crippen MR) is 72.4 cm³/mol. The van der Waals surface area contributed by atoms with Crippen LogP contribution in [0.15, 0.2) is 54.6 Å². The van der Waals surface area contributed by atoms with Crippen LogP contribution in [-0.2, 0) is 4.79 Å². The van der Waals surface area contributed by atoms with Crippen LogP contribution in [0.3, 0.4) is 0 Å². The van der Waals surface area contributed by atoms with E-state index in [1.807, 2.05) is 55.5 Å². The van der Waals surface area contributed by atoms with Gasteiger partial charge in [0.1, 0.15) is 5.75 Å². The molecule has 92 valence electrons. The van der Waals surface area contributed by atoms with Gasteiger partial charge >= 0.3 is 5.97 Å². The van der Waals surface area contributed by atoms with Crippen molar-refractivity contribution in [2.24, 2.45) is 0 Å². The second-order valence-electron chi connectivity index (χ2n) is 4.12. The Balaban J connectivity index is 2.18. The van der Waals surface area contributed by atoms with Crippen LogP contribution in [0.5, 0.6) is 5.75 Å². The van der Waals surface area contributed by atoms with E-state index in [4.69, 9.17) is 4.74 Å². The van der Waals surface area contributed by atoms with E-state index >= 15 is 0 Å². The molecule has 2 aromatic carbocycles. The van der Waals surface area contributed by atoms with Crippen molar-refractivity contribution in [3.05, 3.63) is 54.6 Å². The van der Waals surface area contributed by atoms with Crippen molar-refractivity contribution in [3.8, 4) is 16.9 Å². The monoisotopic (exact) mass is 240 g/mol. The highest BCUT2D eigenvalue weighted by Crippen LogP contribution is 2.23. The topological polar surface area (TPSA) is 26.3 Å². The van der Waals surface area contributed by atoms with Gasteiger partial charge in [-0.25, -0.2) is 0 Å². The summed E-state index contributed by atoms with van der Waals surface area (Å²) in [6.07, 6.45) is 1.26. The maximum atomic E-state index is 11.4. The Kier molecular flexibility index (Phi) is 4.13. The molecule has 2 aromatic rings. The Labute approximate surface area is 107 Å². The van der Waals surface area contributed by atoms with Gasteiger partial charge in [0.25, 0.3) is 0 Å². The Hall–Kier alpha value is -2.09. The molecule has 0 N–H and O–H groups in total. The number of benzene rings is 2. The maximum absolute atomic E-state index is 11.4. The number of hydrogen-bond donors (Lipinski definition) is 0. The summed E-state index contributed by atoms with van der Waals surface area (Å²) in [5.41, 5.74) is 2.17. The largest absolute Gasteiger partial charge is 0.427 e. The minimum Gasteiger partial charge on any atom is -0.427 e. The minimum absolute atomic E-state index is 0.178. The van der Waals surface area contributed by atoms with Gasteiger partial charge in [-0.15, -0.1) is 0 Å². The summed E-state index contributed by atoms with van der Waals surface area (Å²) in [5.74, 6) is 0.428. The molecule has 0 saturated heterocycles. The zero-order valence-corrected chi connectivity index (χ0v) is 10.4. The molecule has 2 rings (SSSR count). The standard InChI is InChI=1S/C16H16O2/c1-2-7-16(17)18-15-11-6-10-14(12-15)13-8-4-3-5-9-13/h3-6,8-12H,2,7H2,1H3. The maximum Gasteiger partial charge on any atom is 0.311 e. The fourth-order valence-electron chi connectivity index (χ4n) is 1.76. The molecular formula is C16H16O2. The molecule has 2 nitrogen and oxygen atoms in total.